The number of hydrogen-bond acceptors (Lipinski definition) is 6. The average Bonchev–Trinajstić information content (AvgIpc) is 3.18. The van der Waals surface area contributed by atoms with Crippen LogP contribution in [0, 0.1) is 0 Å². The molecule has 0 aliphatic carbocycles. The van der Waals surface area contributed by atoms with E-state index in [-0.39, 0.29) is 6.03 Å². The SMILES string of the molecule is CCOC(=O)c1ccc(NC(=O)Nc2cccc(-c3csc(NC)n3)c2)cc1. The van der Waals surface area contributed by atoms with E-state index in [1.807, 2.05) is 30.6 Å². The zero-order valence-corrected chi connectivity index (χ0v) is 16.3. The summed E-state index contributed by atoms with van der Waals surface area (Å²) in [5, 5.41) is 11.3. The molecule has 0 aliphatic rings. The van der Waals surface area contributed by atoms with Crippen LogP contribution in [0.5, 0.6) is 0 Å². The van der Waals surface area contributed by atoms with E-state index in [4.69, 9.17) is 4.74 Å². The smallest absolute Gasteiger partial charge is 0.338 e. The molecule has 0 saturated carbocycles. The Labute approximate surface area is 166 Å². The Balaban J connectivity index is 1.63. The summed E-state index contributed by atoms with van der Waals surface area (Å²) in [5.74, 6) is -0.390. The minimum atomic E-state index is -0.390. The largest absolute Gasteiger partial charge is 0.462 e. The van der Waals surface area contributed by atoms with E-state index in [0.717, 1.165) is 16.4 Å². The molecule has 0 spiro atoms. The normalized spacial score (nSPS) is 10.2. The number of aromatic nitrogens is 1. The predicted molar refractivity (Wildman–Crippen MR) is 112 cm³/mol. The molecular weight excluding hydrogens is 376 g/mol. The Morgan fingerprint density at radius 1 is 1.07 bits per heavy atom. The second-order valence-corrected chi connectivity index (χ2v) is 6.60. The first kappa shape index (κ1) is 19.4. The van der Waals surface area contributed by atoms with Crippen LogP contribution in [-0.4, -0.2) is 30.6 Å². The molecule has 3 aromatic rings. The molecule has 0 saturated heterocycles. The summed E-state index contributed by atoms with van der Waals surface area (Å²) >= 11 is 1.52. The maximum Gasteiger partial charge on any atom is 0.338 e. The molecule has 0 fully saturated rings. The lowest BCUT2D eigenvalue weighted by Gasteiger charge is -2.09. The number of thiazole rings is 1. The topological polar surface area (TPSA) is 92.3 Å². The molecule has 1 aromatic heterocycles. The number of rotatable bonds is 6. The van der Waals surface area contributed by atoms with Gasteiger partial charge in [0.2, 0.25) is 0 Å². The van der Waals surface area contributed by atoms with Crippen molar-refractivity contribution in [3.63, 3.8) is 0 Å². The van der Waals surface area contributed by atoms with E-state index in [9.17, 15) is 9.59 Å². The van der Waals surface area contributed by atoms with Crippen molar-refractivity contribution in [2.45, 2.75) is 6.92 Å². The summed E-state index contributed by atoms with van der Waals surface area (Å²) in [7, 11) is 1.82. The third kappa shape index (κ3) is 4.86. The van der Waals surface area contributed by atoms with Crippen molar-refractivity contribution < 1.29 is 14.3 Å². The number of anilines is 3. The molecule has 8 heteroatoms. The summed E-state index contributed by atoms with van der Waals surface area (Å²) in [5.41, 5.74) is 3.41. The number of hydrogen-bond donors (Lipinski definition) is 3. The molecule has 2 aromatic carbocycles. The lowest BCUT2D eigenvalue weighted by atomic mass is 10.1. The second kappa shape index (κ2) is 9.01. The molecular formula is C20H20N4O3S. The molecule has 2 amide bonds. The van der Waals surface area contributed by atoms with E-state index >= 15 is 0 Å². The van der Waals surface area contributed by atoms with Crippen LogP contribution in [-0.2, 0) is 4.74 Å². The third-order valence-corrected chi connectivity index (χ3v) is 4.65. The Morgan fingerprint density at radius 2 is 1.82 bits per heavy atom. The number of carbonyl (C=O) groups excluding carboxylic acids is 2. The maximum absolute atomic E-state index is 12.3. The first-order valence-electron chi connectivity index (χ1n) is 8.68. The summed E-state index contributed by atoms with van der Waals surface area (Å²) in [6.07, 6.45) is 0. The molecule has 0 radical (unpaired) electrons. The number of ether oxygens (including phenoxy) is 1. The summed E-state index contributed by atoms with van der Waals surface area (Å²) in [4.78, 5) is 28.4. The lowest BCUT2D eigenvalue weighted by Crippen LogP contribution is -2.19. The van der Waals surface area contributed by atoms with E-state index in [0.29, 0.717) is 23.5 Å². The summed E-state index contributed by atoms with van der Waals surface area (Å²) in [6, 6.07) is 13.6. The van der Waals surface area contributed by atoms with Crippen LogP contribution < -0.4 is 16.0 Å². The van der Waals surface area contributed by atoms with Gasteiger partial charge in [-0.2, -0.15) is 0 Å². The first-order chi connectivity index (χ1) is 13.6. The van der Waals surface area contributed by atoms with Gasteiger partial charge in [-0.05, 0) is 43.3 Å². The van der Waals surface area contributed by atoms with Gasteiger partial charge < -0.3 is 20.7 Å². The van der Waals surface area contributed by atoms with Crippen molar-refractivity contribution in [3.8, 4) is 11.3 Å². The van der Waals surface area contributed by atoms with Gasteiger partial charge in [-0.25, -0.2) is 14.6 Å². The predicted octanol–water partition coefficient (Wildman–Crippen LogP) is 4.67. The van der Waals surface area contributed by atoms with E-state index in [1.54, 1.807) is 37.3 Å². The van der Waals surface area contributed by atoms with Gasteiger partial charge in [-0.1, -0.05) is 12.1 Å². The van der Waals surface area contributed by atoms with Gasteiger partial charge in [0.05, 0.1) is 17.9 Å². The van der Waals surface area contributed by atoms with Crippen molar-refractivity contribution in [1.82, 2.24) is 4.98 Å². The van der Waals surface area contributed by atoms with Gasteiger partial charge in [0.1, 0.15) is 0 Å². The van der Waals surface area contributed by atoms with Crippen molar-refractivity contribution in [2.75, 3.05) is 29.6 Å². The molecule has 28 heavy (non-hydrogen) atoms. The molecule has 144 valence electrons. The highest BCUT2D eigenvalue weighted by Gasteiger charge is 2.09. The van der Waals surface area contributed by atoms with Gasteiger partial charge in [0.15, 0.2) is 5.13 Å². The minimum Gasteiger partial charge on any atom is -0.462 e. The molecule has 3 rings (SSSR count). The van der Waals surface area contributed by atoms with Gasteiger partial charge >= 0.3 is 12.0 Å². The zero-order chi connectivity index (χ0) is 19.9. The van der Waals surface area contributed by atoms with E-state index in [1.165, 1.54) is 11.3 Å². The van der Waals surface area contributed by atoms with Crippen molar-refractivity contribution >= 4 is 39.8 Å². The van der Waals surface area contributed by atoms with Gasteiger partial charge in [0.25, 0.3) is 0 Å². The summed E-state index contributed by atoms with van der Waals surface area (Å²) in [6.45, 7) is 2.07. The number of carbonyl (C=O) groups is 2. The fraction of sp³-hybridized carbons (Fsp3) is 0.150. The van der Waals surface area contributed by atoms with Crippen LogP contribution in [0.4, 0.5) is 21.3 Å². The number of nitrogens with zero attached hydrogens (tertiary/aromatic N) is 1. The van der Waals surface area contributed by atoms with Gasteiger partial charge in [0, 0.05) is 29.4 Å². The molecule has 0 bridgehead atoms. The van der Waals surface area contributed by atoms with Crippen LogP contribution in [0.3, 0.4) is 0 Å². The Bertz CT molecular complexity index is 970. The highest BCUT2D eigenvalue weighted by Crippen LogP contribution is 2.26. The van der Waals surface area contributed by atoms with E-state index in [2.05, 4.69) is 20.9 Å². The number of urea groups is 1. The number of nitrogens with one attached hydrogen (secondary N) is 3. The molecule has 0 aliphatic heterocycles. The van der Waals surface area contributed by atoms with E-state index < -0.39 is 5.97 Å². The zero-order valence-electron chi connectivity index (χ0n) is 15.5. The fourth-order valence-corrected chi connectivity index (χ4v) is 3.16. The minimum absolute atomic E-state index is 0.317. The second-order valence-electron chi connectivity index (χ2n) is 5.75. The monoisotopic (exact) mass is 396 g/mol. The highest BCUT2D eigenvalue weighted by atomic mass is 32.1. The maximum atomic E-state index is 12.3. The van der Waals surface area contributed by atoms with Gasteiger partial charge in [-0.3, -0.25) is 0 Å². The third-order valence-electron chi connectivity index (χ3n) is 3.79. The first-order valence-corrected chi connectivity index (χ1v) is 9.56. The quantitative estimate of drug-likeness (QED) is 0.527. The average molecular weight is 396 g/mol. The lowest BCUT2D eigenvalue weighted by molar-refractivity contribution is 0.0526. The fourth-order valence-electron chi connectivity index (χ4n) is 2.47. The number of amides is 2. The molecule has 0 atom stereocenters. The Hall–Kier alpha value is -3.39. The standard InChI is InChI=1S/C20H20N4O3S/c1-3-27-18(25)13-7-9-15(10-8-13)22-19(26)23-16-6-4-5-14(11-16)17-12-28-20(21-2)24-17/h4-12H,3H2,1-2H3,(H,21,24)(H2,22,23,26). The summed E-state index contributed by atoms with van der Waals surface area (Å²) < 4.78 is 4.94. The molecule has 0 unspecified atom stereocenters. The Morgan fingerprint density at radius 3 is 2.50 bits per heavy atom. The Kier molecular flexibility index (Phi) is 6.23. The highest BCUT2D eigenvalue weighted by molar-refractivity contribution is 7.14. The molecule has 1 heterocycles. The van der Waals surface area contributed by atoms with Crippen LogP contribution in [0.2, 0.25) is 0 Å². The van der Waals surface area contributed by atoms with Crippen LogP contribution in [0.25, 0.3) is 11.3 Å². The van der Waals surface area contributed by atoms with Crippen LogP contribution >= 0.6 is 11.3 Å². The van der Waals surface area contributed by atoms with Crippen molar-refractivity contribution in [2.24, 2.45) is 0 Å². The number of benzene rings is 2. The van der Waals surface area contributed by atoms with Crippen molar-refractivity contribution in [1.29, 1.82) is 0 Å². The molecule has 3 N–H and O–H groups in total. The van der Waals surface area contributed by atoms with Gasteiger partial charge in [-0.15, -0.1) is 11.3 Å². The number of esters is 1. The van der Waals surface area contributed by atoms with Crippen molar-refractivity contribution in [3.05, 3.63) is 59.5 Å². The molecule has 7 nitrogen and oxygen atoms in total. The van der Waals surface area contributed by atoms with Crippen LogP contribution in [0.15, 0.2) is 53.9 Å². The van der Waals surface area contributed by atoms with Crippen LogP contribution in [0.1, 0.15) is 17.3 Å².